The molecule has 302 valence electrons. The lowest BCUT2D eigenvalue weighted by Gasteiger charge is -2.52. The summed E-state index contributed by atoms with van der Waals surface area (Å²) in [6.45, 7) is 16.7. The van der Waals surface area contributed by atoms with E-state index in [1.807, 2.05) is 6.08 Å². The Morgan fingerprint density at radius 1 is 0.821 bits per heavy atom. The number of carbonyl (C=O) groups is 2. The first kappa shape index (κ1) is 37.1. The molecular weight excluding hydrogens is 709 g/mol. The molecule has 56 heavy (non-hydrogen) atoms. The van der Waals surface area contributed by atoms with Crippen LogP contribution in [0.3, 0.4) is 0 Å². The van der Waals surface area contributed by atoms with Gasteiger partial charge in [0.25, 0.3) is 0 Å². The number of fused-ring (bicyclic) bond motifs is 5. The second kappa shape index (κ2) is 14.0. The summed E-state index contributed by atoms with van der Waals surface area (Å²) >= 11 is 0. The van der Waals surface area contributed by atoms with Crippen LogP contribution in [0.5, 0.6) is 0 Å². The van der Waals surface area contributed by atoms with E-state index in [0.717, 1.165) is 121 Å². The van der Waals surface area contributed by atoms with Crippen LogP contribution in [0.4, 0.5) is 17.6 Å². The molecule has 10 rings (SSSR count). The number of allylic oxidation sites excluding steroid dienone is 6. The zero-order chi connectivity index (χ0) is 38.3. The molecule has 2 saturated carbocycles. The van der Waals surface area contributed by atoms with Crippen molar-refractivity contribution < 1.29 is 28.5 Å². The zero-order valence-corrected chi connectivity index (χ0v) is 33.7. The quantitative estimate of drug-likeness (QED) is 0.366. The number of piperidine rings is 2. The molecule has 5 aliphatic heterocycles. The minimum Gasteiger partial charge on any atom is -0.356 e. The monoisotopic (exact) mass is 768 g/mol. The van der Waals surface area contributed by atoms with Gasteiger partial charge in [0.15, 0.2) is 23.1 Å². The van der Waals surface area contributed by atoms with Crippen molar-refractivity contribution in [3.05, 3.63) is 41.5 Å². The number of nitrogens with zero attached hydrogens (tertiary/aromatic N) is 6. The molecule has 4 aliphatic carbocycles. The van der Waals surface area contributed by atoms with Gasteiger partial charge in [0.2, 0.25) is 5.95 Å². The van der Waals surface area contributed by atoms with E-state index in [-0.39, 0.29) is 22.5 Å². The number of carbonyl (C=O) groups excluding carboxylic acids is 2. The molecule has 0 unspecified atom stereocenters. The minimum atomic E-state index is -0.455. The van der Waals surface area contributed by atoms with Crippen molar-refractivity contribution in [2.75, 3.05) is 100 Å². The van der Waals surface area contributed by atoms with Gasteiger partial charge in [0.1, 0.15) is 11.6 Å². The molecular formula is C44H60N6O6. The number of rotatable bonds is 6. The standard InChI is InChI=1S/C44H60N6O6/c1-30-26-35-33-5-4-31-27-32(51)6-8-41(31,2)34(33)7-9-42(35,3)39(30)36(52)29-47-18-20-49(21-19-47)38-28-37(48-14-10-43(11-15-48)53-22-23-54-43)45-40(46-38)50-16-12-44(13-17-50)55-24-25-56-44/h6-8,27-28,30,33,35,39H,4-5,9-26,29H2,1-3H3/t30-,33-,35+,39-,41+,42+/m1/s1. The Morgan fingerprint density at radius 2 is 1.41 bits per heavy atom. The first-order valence-corrected chi connectivity index (χ1v) is 21.7. The fourth-order valence-corrected chi connectivity index (χ4v) is 12.6. The number of piperazine rings is 1. The van der Waals surface area contributed by atoms with Gasteiger partial charge in [-0.1, -0.05) is 37.1 Å². The van der Waals surface area contributed by atoms with Gasteiger partial charge in [-0.3, -0.25) is 14.5 Å². The fourth-order valence-electron chi connectivity index (χ4n) is 12.6. The van der Waals surface area contributed by atoms with Crippen molar-refractivity contribution in [1.82, 2.24) is 14.9 Å². The Bertz CT molecular complexity index is 1750. The van der Waals surface area contributed by atoms with Crippen molar-refractivity contribution >= 4 is 29.2 Å². The van der Waals surface area contributed by atoms with Crippen LogP contribution in [0.25, 0.3) is 0 Å². The van der Waals surface area contributed by atoms with E-state index in [1.54, 1.807) is 6.08 Å². The third-order valence-electron chi connectivity index (χ3n) is 15.7. The maximum atomic E-state index is 14.4. The van der Waals surface area contributed by atoms with E-state index in [1.165, 1.54) is 11.1 Å². The van der Waals surface area contributed by atoms with Crippen molar-refractivity contribution in [3.63, 3.8) is 0 Å². The van der Waals surface area contributed by atoms with Crippen LogP contribution in [-0.4, -0.2) is 123 Å². The predicted molar refractivity (Wildman–Crippen MR) is 212 cm³/mol. The van der Waals surface area contributed by atoms with Gasteiger partial charge >= 0.3 is 0 Å². The highest BCUT2D eigenvalue weighted by Crippen LogP contribution is 2.65. The van der Waals surface area contributed by atoms with Crippen LogP contribution < -0.4 is 14.7 Å². The van der Waals surface area contributed by atoms with Gasteiger partial charge < -0.3 is 33.6 Å². The second-order valence-electron chi connectivity index (χ2n) is 18.7. The Kier molecular flexibility index (Phi) is 9.28. The molecule has 12 heteroatoms. The maximum Gasteiger partial charge on any atom is 0.229 e. The van der Waals surface area contributed by atoms with Gasteiger partial charge in [-0.25, -0.2) is 0 Å². The highest BCUT2D eigenvalue weighted by molar-refractivity contribution is 6.01. The average Bonchev–Trinajstić information content (AvgIpc) is 3.93. The number of anilines is 3. The smallest absolute Gasteiger partial charge is 0.229 e. The first-order valence-electron chi connectivity index (χ1n) is 21.7. The molecule has 1 aromatic heterocycles. The fraction of sp³-hybridized carbons (Fsp3) is 0.727. The SMILES string of the molecule is C[C@@H]1C[C@H]2[C@@H]3CCC4=CC(=O)C=C[C@]4(C)C3=CC[C@]2(C)[C@H]1C(=O)CN1CCN(c2cc(N3CCC4(CC3)OCCO4)nc(N3CCC4(CC3)OCCO4)n2)CC1. The van der Waals surface area contributed by atoms with E-state index in [9.17, 15) is 9.59 Å². The molecule has 2 spiro atoms. The van der Waals surface area contributed by atoms with E-state index < -0.39 is 11.6 Å². The van der Waals surface area contributed by atoms with E-state index >= 15 is 0 Å². The van der Waals surface area contributed by atoms with Gasteiger partial charge in [-0.15, -0.1) is 0 Å². The molecule has 0 bridgehead atoms. The molecule has 9 aliphatic rings. The predicted octanol–water partition coefficient (Wildman–Crippen LogP) is 4.94. The highest BCUT2D eigenvalue weighted by Gasteiger charge is 2.59. The molecule has 0 amide bonds. The Labute approximate surface area is 331 Å². The summed E-state index contributed by atoms with van der Waals surface area (Å²) in [4.78, 5) is 46.5. The van der Waals surface area contributed by atoms with Crippen molar-refractivity contribution in [1.29, 1.82) is 0 Å². The summed E-state index contributed by atoms with van der Waals surface area (Å²) in [5.74, 6) is 3.73. The molecule has 0 N–H and O–H groups in total. The van der Waals surface area contributed by atoms with Crippen LogP contribution in [0.15, 0.2) is 41.5 Å². The van der Waals surface area contributed by atoms with Crippen LogP contribution in [0.2, 0.25) is 0 Å². The molecule has 6 atom stereocenters. The van der Waals surface area contributed by atoms with Crippen molar-refractivity contribution in [3.8, 4) is 0 Å². The normalized spacial score (nSPS) is 36.4. The number of hydrogen-bond acceptors (Lipinski definition) is 12. The van der Waals surface area contributed by atoms with Crippen LogP contribution in [-0.2, 0) is 28.5 Å². The third-order valence-corrected chi connectivity index (χ3v) is 15.7. The number of aromatic nitrogens is 2. The summed E-state index contributed by atoms with van der Waals surface area (Å²) in [7, 11) is 0. The Balaban J connectivity index is 0.820. The zero-order valence-electron chi connectivity index (χ0n) is 33.7. The summed E-state index contributed by atoms with van der Waals surface area (Å²) in [6.07, 6.45) is 15.6. The summed E-state index contributed by atoms with van der Waals surface area (Å²) in [5.41, 5.74) is 2.59. The lowest BCUT2D eigenvalue weighted by atomic mass is 9.52. The molecule has 7 fully saturated rings. The molecule has 5 saturated heterocycles. The molecule has 1 aromatic rings. The topological polar surface area (TPSA) is 110 Å². The van der Waals surface area contributed by atoms with Crippen LogP contribution in [0.1, 0.15) is 72.1 Å². The van der Waals surface area contributed by atoms with Gasteiger partial charge in [0.05, 0.1) is 33.0 Å². The largest absolute Gasteiger partial charge is 0.356 e. The Hall–Kier alpha value is -3.16. The van der Waals surface area contributed by atoms with Crippen molar-refractivity contribution in [2.24, 2.45) is 34.5 Å². The van der Waals surface area contributed by atoms with Crippen LogP contribution >= 0.6 is 0 Å². The summed E-state index contributed by atoms with van der Waals surface area (Å²) < 4.78 is 24.1. The number of hydrogen-bond donors (Lipinski definition) is 0. The lowest BCUT2D eigenvalue weighted by Crippen LogP contribution is -2.51. The molecule has 0 radical (unpaired) electrons. The number of Topliss-reactive ketones (excluding diaryl/α,β-unsaturated/α-hetero) is 1. The maximum absolute atomic E-state index is 14.4. The van der Waals surface area contributed by atoms with Gasteiger partial charge in [-0.2, -0.15) is 9.97 Å². The molecule has 6 heterocycles. The van der Waals surface area contributed by atoms with Crippen molar-refractivity contribution in [2.45, 2.75) is 83.7 Å². The number of ether oxygens (including phenoxy) is 4. The van der Waals surface area contributed by atoms with Gasteiger partial charge in [0, 0.05) is 95.4 Å². The highest BCUT2D eigenvalue weighted by atomic mass is 16.7. The van der Waals surface area contributed by atoms with Crippen LogP contribution in [0, 0.1) is 34.5 Å². The summed E-state index contributed by atoms with van der Waals surface area (Å²) in [6, 6.07) is 2.17. The number of ketones is 2. The molecule has 0 aromatic carbocycles. The van der Waals surface area contributed by atoms with E-state index in [4.69, 9.17) is 28.9 Å². The average molecular weight is 769 g/mol. The minimum absolute atomic E-state index is 0.0275. The summed E-state index contributed by atoms with van der Waals surface area (Å²) in [5, 5.41) is 0. The lowest BCUT2D eigenvalue weighted by molar-refractivity contribution is -0.169. The third kappa shape index (κ3) is 6.28. The second-order valence-corrected chi connectivity index (χ2v) is 18.7. The Morgan fingerprint density at radius 3 is 2.04 bits per heavy atom. The van der Waals surface area contributed by atoms with Gasteiger partial charge in [-0.05, 0) is 67.9 Å². The first-order chi connectivity index (χ1) is 27.1. The van der Waals surface area contributed by atoms with E-state index in [2.05, 4.69) is 58.6 Å². The molecule has 12 nitrogen and oxygen atoms in total. The van der Waals surface area contributed by atoms with E-state index in [0.29, 0.717) is 56.5 Å².